The van der Waals surface area contributed by atoms with Crippen molar-refractivity contribution in [1.82, 2.24) is 9.80 Å². The molecule has 0 radical (unpaired) electrons. The van der Waals surface area contributed by atoms with Crippen molar-refractivity contribution in [3.63, 3.8) is 0 Å². The summed E-state index contributed by atoms with van der Waals surface area (Å²) in [4.78, 5) is 17.4. The smallest absolute Gasteiger partial charge is 0.239 e. The van der Waals surface area contributed by atoms with E-state index < -0.39 is 0 Å². The van der Waals surface area contributed by atoms with E-state index in [4.69, 9.17) is 5.73 Å². The number of carbonyl (C=O) groups is 1. The van der Waals surface area contributed by atoms with Crippen molar-refractivity contribution in [2.75, 3.05) is 27.2 Å². The molecule has 6 heteroatoms. The number of halogens is 1. The summed E-state index contributed by atoms with van der Waals surface area (Å²) in [5.41, 5.74) is 5.96. The quantitative estimate of drug-likeness (QED) is 0.908. The van der Waals surface area contributed by atoms with Crippen LogP contribution in [0.3, 0.4) is 0 Å². The molecular formula is C13H20BrN3OS. The lowest BCUT2D eigenvalue weighted by Crippen LogP contribution is -2.45. The first-order chi connectivity index (χ1) is 9.04. The van der Waals surface area contributed by atoms with Crippen molar-refractivity contribution in [1.29, 1.82) is 0 Å². The molecule has 1 saturated heterocycles. The summed E-state index contributed by atoms with van der Waals surface area (Å²) in [5, 5.41) is 0. The SMILES string of the molecule is CN(C)C(=O)C1CCCN1C(CN)c1ccc(Br)s1. The Kier molecular flexibility index (Phi) is 5.00. The van der Waals surface area contributed by atoms with Crippen LogP contribution in [0.1, 0.15) is 23.8 Å². The van der Waals surface area contributed by atoms with Gasteiger partial charge in [-0.25, -0.2) is 0 Å². The molecule has 0 spiro atoms. The average Bonchev–Trinajstić information content (AvgIpc) is 2.99. The van der Waals surface area contributed by atoms with Gasteiger partial charge in [0.1, 0.15) is 0 Å². The lowest BCUT2D eigenvalue weighted by Gasteiger charge is -2.32. The number of carbonyl (C=O) groups excluding carboxylic acids is 1. The molecule has 106 valence electrons. The summed E-state index contributed by atoms with van der Waals surface area (Å²) >= 11 is 5.19. The minimum Gasteiger partial charge on any atom is -0.347 e. The molecule has 4 nitrogen and oxygen atoms in total. The molecule has 2 unspecified atom stereocenters. The largest absolute Gasteiger partial charge is 0.347 e. The number of thiophene rings is 1. The van der Waals surface area contributed by atoms with Gasteiger partial charge in [-0.05, 0) is 47.4 Å². The van der Waals surface area contributed by atoms with Gasteiger partial charge in [0.15, 0.2) is 0 Å². The molecule has 0 aliphatic carbocycles. The first-order valence-corrected chi connectivity index (χ1v) is 8.07. The van der Waals surface area contributed by atoms with E-state index >= 15 is 0 Å². The Morgan fingerprint density at radius 3 is 2.89 bits per heavy atom. The normalized spacial score (nSPS) is 21.6. The van der Waals surface area contributed by atoms with Crippen LogP contribution >= 0.6 is 27.3 Å². The van der Waals surface area contributed by atoms with E-state index in [2.05, 4.69) is 26.9 Å². The average molecular weight is 346 g/mol. The third kappa shape index (κ3) is 3.18. The summed E-state index contributed by atoms with van der Waals surface area (Å²) in [5.74, 6) is 0.187. The molecule has 0 aromatic carbocycles. The zero-order valence-corrected chi connectivity index (χ0v) is 13.7. The highest BCUT2D eigenvalue weighted by molar-refractivity contribution is 9.11. The Hall–Kier alpha value is -0.430. The first-order valence-electron chi connectivity index (χ1n) is 6.46. The maximum atomic E-state index is 12.2. The van der Waals surface area contributed by atoms with Crippen LogP contribution in [0.25, 0.3) is 0 Å². The highest BCUT2D eigenvalue weighted by Gasteiger charge is 2.36. The zero-order valence-electron chi connectivity index (χ0n) is 11.3. The van der Waals surface area contributed by atoms with Crippen LogP contribution < -0.4 is 5.73 Å². The topological polar surface area (TPSA) is 49.6 Å². The van der Waals surface area contributed by atoms with E-state index in [-0.39, 0.29) is 18.0 Å². The minimum absolute atomic E-state index is 0.0237. The molecule has 2 heterocycles. The van der Waals surface area contributed by atoms with E-state index in [0.29, 0.717) is 6.54 Å². The van der Waals surface area contributed by atoms with Gasteiger partial charge in [-0.2, -0.15) is 0 Å². The maximum absolute atomic E-state index is 12.2. The molecule has 0 bridgehead atoms. The molecule has 2 rings (SSSR count). The van der Waals surface area contributed by atoms with Crippen molar-refractivity contribution in [3.8, 4) is 0 Å². The highest BCUT2D eigenvalue weighted by atomic mass is 79.9. The second-order valence-electron chi connectivity index (χ2n) is 5.02. The monoisotopic (exact) mass is 345 g/mol. The Bertz CT molecular complexity index is 449. The van der Waals surface area contributed by atoms with Crippen LogP contribution in [0.2, 0.25) is 0 Å². The molecule has 0 saturated carbocycles. The van der Waals surface area contributed by atoms with Gasteiger partial charge in [-0.3, -0.25) is 9.69 Å². The summed E-state index contributed by atoms with van der Waals surface area (Å²) in [6.45, 7) is 1.49. The molecule has 1 aliphatic heterocycles. The lowest BCUT2D eigenvalue weighted by atomic mass is 10.1. The highest BCUT2D eigenvalue weighted by Crippen LogP contribution is 2.34. The number of likely N-dealkylation sites (tertiary alicyclic amines) is 1. The van der Waals surface area contributed by atoms with E-state index in [0.717, 1.165) is 23.2 Å². The molecule has 1 aliphatic rings. The number of likely N-dealkylation sites (N-methyl/N-ethyl adjacent to an activating group) is 1. The van der Waals surface area contributed by atoms with Crippen LogP contribution in [0.15, 0.2) is 15.9 Å². The second kappa shape index (κ2) is 6.35. The number of rotatable bonds is 4. The van der Waals surface area contributed by atoms with Gasteiger partial charge in [0.25, 0.3) is 0 Å². The number of hydrogen-bond acceptors (Lipinski definition) is 4. The molecule has 2 atom stereocenters. The van der Waals surface area contributed by atoms with E-state index in [9.17, 15) is 4.79 Å². The fraction of sp³-hybridized carbons (Fsp3) is 0.615. The van der Waals surface area contributed by atoms with Crippen LogP contribution in [-0.2, 0) is 4.79 Å². The van der Waals surface area contributed by atoms with Crippen molar-refractivity contribution >= 4 is 33.2 Å². The van der Waals surface area contributed by atoms with Gasteiger partial charge in [0, 0.05) is 25.5 Å². The van der Waals surface area contributed by atoms with Crippen molar-refractivity contribution < 1.29 is 4.79 Å². The third-order valence-electron chi connectivity index (χ3n) is 3.57. The fourth-order valence-electron chi connectivity index (χ4n) is 2.65. The van der Waals surface area contributed by atoms with Crippen molar-refractivity contribution in [2.45, 2.75) is 24.9 Å². The molecule has 1 aromatic rings. The predicted octanol–water partition coefficient (Wildman–Crippen LogP) is 2.06. The van der Waals surface area contributed by atoms with Crippen LogP contribution in [0.4, 0.5) is 0 Å². The van der Waals surface area contributed by atoms with Gasteiger partial charge in [0.2, 0.25) is 5.91 Å². The second-order valence-corrected chi connectivity index (χ2v) is 7.52. The van der Waals surface area contributed by atoms with E-state index in [1.165, 1.54) is 4.88 Å². The van der Waals surface area contributed by atoms with Crippen molar-refractivity contribution in [2.24, 2.45) is 5.73 Å². The van der Waals surface area contributed by atoms with Gasteiger partial charge < -0.3 is 10.6 Å². The third-order valence-corrected chi connectivity index (χ3v) is 5.29. The minimum atomic E-state index is -0.0237. The van der Waals surface area contributed by atoms with Gasteiger partial charge >= 0.3 is 0 Å². The van der Waals surface area contributed by atoms with Gasteiger partial charge in [-0.15, -0.1) is 11.3 Å². The van der Waals surface area contributed by atoms with Crippen LogP contribution in [0.5, 0.6) is 0 Å². The molecule has 1 amide bonds. The van der Waals surface area contributed by atoms with Gasteiger partial charge in [-0.1, -0.05) is 0 Å². The Balaban J connectivity index is 2.20. The number of nitrogens with two attached hydrogens (primary N) is 1. The van der Waals surface area contributed by atoms with Gasteiger partial charge in [0.05, 0.1) is 15.9 Å². The molecule has 19 heavy (non-hydrogen) atoms. The summed E-state index contributed by atoms with van der Waals surface area (Å²) in [7, 11) is 3.63. The standard InChI is InChI=1S/C13H20BrN3OS/c1-16(2)13(18)9-4-3-7-17(9)10(8-15)11-5-6-12(14)19-11/h5-6,9-10H,3-4,7-8,15H2,1-2H3. The maximum Gasteiger partial charge on any atom is 0.239 e. The van der Waals surface area contributed by atoms with Crippen molar-refractivity contribution in [3.05, 3.63) is 20.8 Å². The number of amides is 1. The molecule has 2 N–H and O–H groups in total. The fourth-order valence-corrected chi connectivity index (χ4v) is 4.21. The molecule has 1 aromatic heterocycles. The van der Waals surface area contributed by atoms with Crippen LogP contribution in [0, 0.1) is 0 Å². The molecular weight excluding hydrogens is 326 g/mol. The zero-order chi connectivity index (χ0) is 14.0. The predicted molar refractivity (Wildman–Crippen MR) is 82.2 cm³/mol. The lowest BCUT2D eigenvalue weighted by molar-refractivity contribution is -0.134. The molecule has 1 fully saturated rings. The summed E-state index contributed by atoms with van der Waals surface area (Å²) < 4.78 is 1.11. The Morgan fingerprint density at radius 1 is 1.63 bits per heavy atom. The first kappa shape index (κ1) is 15.0. The van der Waals surface area contributed by atoms with E-state index in [1.807, 2.05) is 20.2 Å². The number of nitrogens with zero attached hydrogens (tertiary/aromatic N) is 2. The Morgan fingerprint density at radius 2 is 2.37 bits per heavy atom. The summed E-state index contributed by atoms with van der Waals surface area (Å²) in [6, 6.07) is 4.26. The van der Waals surface area contributed by atoms with E-state index in [1.54, 1.807) is 16.2 Å². The summed E-state index contributed by atoms with van der Waals surface area (Å²) in [6.07, 6.45) is 1.99. The Labute approximate surface area is 126 Å². The number of hydrogen-bond donors (Lipinski definition) is 1. The van der Waals surface area contributed by atoms with Crippen LogP contribution in [-0.4, -0.2) is 48.9 Å².